The fourth-order valence-corrected chi connectivity index (χ4v) is 0.967. The Hall–Kier alpha value is 0.100. The van der Waals surface area contributed by atoms with E-state index in [1.807, 2.05) is 13.6 Å². The fourth-order valence-electron chi connectivity index (χ4n) is 0.322. The zero-order valence-electron chi connectivity index (χ0n) is 4.82. The molecule has 42 valence electrons. The topological polar surface area (TPSA) is 17.1 Å². The lowest BCUT2D eigenvalue weighted by Crippen LogP contribution is -1.95. The number of carbonyl (C=O) groups excluding carboxylic acids is 1. The predicted molar refractivity (Wildman–Crippen MR) is 34.4 cm³/mol. The molecule has 0 saturated heterocycles. The SMILES string of the molecule is CCC(=O)CPC. The molecule has 0 aliphatic rings. The maximum Gasteiger partial charge on any atom is 0.136 e. The minimum Gasteiger partial charge on any atom is -0.299 e. The van der Waals surface area contributed by atoms with Crippen molar-refractivity contribution in [1.82, 2.24) is 0 Å². The van der Waals surface area contributed by atoms with Gasteiger partial charge in [0.15, 0.2) is 0 Å². The molecule has 1 nitrogen and oxygen atoms in total. The van der Waals surface area contributed by atoms with Crippen LogP contribution in [0, 0.1) is 0 Å². The van der Waals surface area contributed by atoms with E-state index < -0.39 is 0 Å². The minimum absolute atomic E-state index is 0.390. The number of ketones is 1. The summed E-state index contributed by atoms with van der Waals surface area (Å²) in [5.41, 5.74) is 0. The third-order valence-electron chi connectivity index (χ3n) is 0.768. The first kappa shape index (κ1) is 7.10. The van der Waals surface area contributed by atoms with Gasteiger partial charge in [-0.05, 0) is 6.66 Å². The highest BCUT2D eigenvalue weighted by molar-refractivity contribution is 7.38. The first-order valence-electron chi connectivity index (χ1n) is 2.47. The molecule has 0 aromatic rings. The van der Waals surface area contributed by atoms with Crippen LogP contribution >= 0.6 is 8.58 Å². The molecule has 0 aromatic carbocycles. The lowest BCUT2D eigenvalue weighted by atomic mass is 10.4. The van der Waals surface area contributed by atoms with E-state index in [0.29, 0.717) is 12.2 Å². The third-order valence-corrected chi connectivity index (χ3v) is 1.52. The number of hydrogen-bond acceptors (Lipinski definition) is 1. The number of carbonyl (C=O) groups is 1. The smallest absolute Gasteiger partial charge is 0.136 e. The van der Waals surface area contributed by atoms with E-state index in [1.165, 1.54) is 0 Å². The van der Waals surface area contributed by atoms with E-state index in [1.54, 1.807) is 0 Å². The minimum atomic E-state index is 0.390. The molecule has 0 bridgehead atoms. The monoisotopic (exact) mass is 118 g/mol. The van der Waals surface area contributed by atoms with Crippen LogP contribution in [0.1, 0.15) is 13.3 Å². The average Bonchev–Trinajstić information content (AvgIpc) is 1.68. The molecular formula is C5H11OP. The Morgan fingerprint density at radius 1 is 1.71 bits per heavy atom. The number of rotatable bonds is 3. The fraction of sp³-hybridized carbons (Fsp3) is 0.800. The highest BCUT2D eigenvalue weighted by Gasteiger charge is 1.91. The third kappa shape index (κ3) is 3.94. The van der Waals surface area contributed by atoms with Crippen molar-refractivity contribution < 1.29 is 4.79 Å². The molecule has 0 radical (unpaired) electrons. The Morgan fingerprint density at radius 3 is 2.43 bits per heavy atom. The van der Waals surface area contributed by atoms with E-state index in [9.17, 15) is 4.79 Å². The van der Waals surface area contributed by atoms with E-state index >= 15 is 0 Å². The van der Waals surface area contributed by atoms with Gasteiger partial charge in [0.05, 0.1) is 0 Å². The molecule has 0 fully saturated rings. The maximum atomic E-state index is 10.4. The number of hydrogen-bond donors (Lipinski definition) is 0. The normalized spacial score (nSPS) is 10.6. The summed E-state index contributed by atoms with van der Waals surface area (Å²) < 4.78 is 0. The molecule has 0 heterocycles. The summed E-state index contributed by atoms with van der Waals surface area (Å²) in [6.45, 7) is 3.95. The van der Waals surface area contributed by atoms with Crippen molar-refractivity contribution >= 4 is 14.4 Å². The van der Waals surface area contributed by atoms with Gasteiger partial charge in [0.1, 0.15) is 5.78 Å². The Bertz CT molecular complexity index is 61.1. The summed E-state index contributed by atoms with van der Waals surface area (Å²) in [5.74, 6) is 0.390. The van der Waals surface area contributed by atoms with Gasteiger partial charge in [-0.3, -0.25) is 4.79 Å². The van der Waals surface area contributed by atoms with Crippen LogP contribution in [0.3, 0.4) is 0 Å². The Balaban J connectivity index is 3.00. The van der Waals surface area contributed by atoms with Gasteiger partial charge in [0, 0.05) is 12.6 Å². The molecule has 0 saturated carbocycles. The van der Waals surface area contributed by atoms with E-state index in [4.69, 9.17) is 0 Å². The van der Waals surface area contributed by atoms with E-state index in [0.717, 1.165) is 14.7 Å². The standard InChI is InChI=1S/C5H11OP/c1-3-5(6)4-7-2/h7H,3-4H2,1-2H3. The zero-order chi connectivity index (χ0) is 5.70. The van der Waals surface area contributed by atoms with Crippen molar-refractivity contribution in [3.8, 4) is 0 Å². The quantitative estimate of drug-likeness (QED) is 0.510. The Kier molecular flexibility index (Phi) is 4.32. The summed E-state index contributed by atoms with van der Waals surface area (Å²) in [6.07, 6.45) is 1.50. The molecule has 0 aliphatic carbocycles. The maximum absolute atomic E-state index is 10.4. The van der Waals surface area contributed by atoms with Crippen LogP contribution in [-0.4, -0.2) is 18.6 Å². The van der Waals surface area contributed by atoms with Crippen LogP contribution in [0.15, 0.2) is 0 Å². The number of Topliss-reactive ketones (excluding diaryl/α,β-unsaturated/α-hetero) is 1. The summed E-state index contributed by atoms with van der Waals surface area (Å²) in [6, 6.07) is 0. The Labute approximate surface area is 46.3 Å². The summed E-state index contributed by atoms with van der Waals surface area (Å²) in [7, 11) is 0.795. The molecule has 0 amide bonds. The van der Waals surface area contributed by atoms with E-state index in [2.05, 4.69) is 0 Å². The molecule has 1 unspecified atom stereocenters. The molecule has 0 rings (SSSR count). The van der Waals surface area contributed by atoms with Crippen LogP contribution in [-0.2, 0) is 4.79 Å². The summed E-state index contributed by atoms with van der Waals surface area (Å²) in [4.78, 5) is 10.4. The first-order chi connectivity index (χ1) is 3.31. The van der Waals surface area contributed by atoms with Gasteiger partial charge in [-0.2, -0.15) is 0 Å². The van der Waals surface area contributed by atoms with Crippen molar-refractivity contribution in [3.05, 3.63) is 0 Å². The van der Waals surface area contributed by atoms with Gasteiger partial charge >= 0.3 is 0 Å². The van der Waals surface area contributed by atoms with Crippen LogP contribution in [0.25, 0.3) is 0 Å². The first-order valence-corrected chi connectivity index (χ1v) is 4.18. The predicted octanol–water partition coefficient (Wildman–Crippen LogP) is 1.27. The van der Waals surface area contributed by atoms with Crippen LogP contribution in [0.2, 0.25) is 0 Å². The van der Waals surface area contributed by atoms with Crippen molar-refractivity contribution in [2.45, 2.75) is 13.3 Å². The van der Waals surface area contributed by atoms with Crippen molar-refractivity contribution in [2.75, 3.05) is 12.8 Å². The van der Waals surface area contributed by atoms with Gasteiger partial charge in [0.2, 0.25) is 0 Å². The Morgan fingerprint density at radius 2 is 2.29 bits per heavy atom. The molecule has 7 heavy (non-hydrogen) atoms. The van der Waals surface area contributed by atoms with Gasteiger partial charge < -0.3 is 0 Å². The van der Waals surface area contributed by atoms with Crippen molar-refractivity contribution in [1.29, 1.82) is 0 Å². The van der Waals surface area contributed by atoms with Gasteiger partial charge in [0.25, 0.3) is 0 Å². The van der Waals surface area contributed by atoms with Gasteiger partial charge in [-0.15, -0.1) is 8.58 Å². The summed E-state index contributed by atoms with van der Waals surface area (Å²) in [5, 5.41) is 0. The van der Waals surface area contributed by atoms with Crippen LogP contribution < -0.4 is 0 Å². The highest BCUT2D eigenvalue weighted by Crippen LogP contribution is 2.01. The lowest BCUT2D eigenvalue weighted by molar-refractivity contribution is -0.116. The molecule has 2 heteroatoms. The molecule has 0 aliphatic heterocycles. The van der Waals surface area contributed by atoms with Gasteiger partial charge in [-0.1, -0.05) is 6.92 Å². The summed E-state index contributed by atoms with van der Waals surface area (Å²) >= 11 is 0. The lowest BCUT2D eigenvalue weighted by Gasteiger charge is -1.87. The van der Waals surface area contributed by atoms with E-state index in [-0.39, 0.29) is 0 Å². The molecule has 0 aromatic heterocycles. The van der Waals surface area contributed by atoms with Crippen LogP contribution in [0.4, 0.5) is 0 Å². The van der Waals surface area contributed by atoms with Crippen molar-refractivity contribution in [3.63, 3.8) is 0 Å². The molecule has 1 atom stereocenters. The van der Waals surface area contributed by atoms with Crippen molar-refractivity contribution in [2.24, 2.45) is 0 Å². The zero-order valence-corrected chi connectivity index (χ0v) is 5.82. The second-order valence-electron chi connectivity index (χ2n) is 1.42. The molecule has 0 spiro atoms. The molecule has 0 N–H and O–H groups in total. The van der Waals surface area contributed by atoms with Gasteiger partial charge in [-0.25, -0.2) is 0 Å². The average molecular weight is 118 g/mol. The highest BCUT2D eigenvalue weighted by atomic mass is 31.1. The second kappa shape index (κ2) is 4.26. The van der Waals surface area contributed by atoms with Crippen LogP contribution in [0.5, 0.6) is 0 Å². The largest absolute Gasteiger partial charge is 0.299 e. The molecular weight excluding hydrogens is 107 g/mol. The second-order valence-corrected chi connectivity index (χ2v) is 2.48.